The van der Waals surface area contributed by atoms with Crippen LogP contribution in [-0.2, 0) is 6.42 Å². The smallest absolute Gasteiger partial charge is 0.141 e. The van der Waals surface area contributed by atoms with Gasteiger partial charge in [-0.25, -0.2) is 4.39 Å². The first kappa shape index (κ1) is 10.5. The summed E-state index contributed by atoms with van der Waals surface area (Å²) in [6, 6.07) is 2.95. The first-order valence-electron chi connectivity index (χ1n) is 3.82. The molecule has 0 aliphatic heterocycles. The van der Waals surface area contributed by atoms with Crippen molar-refractivity contribution in [2.45, 2.75) is 6.42 Å². The zero-order valence-electron chi connectivity index (χ0n) is 7.18. The van der Waals surface area contributed by atoms with E-state index in [0.717, 1.165) is 5.56 Å². The Hall–Kier alpha value is -0.610. The van der Waals surface area contributed by atoms with Gasteiger partial charge in [0.2, 0.25) is 0 Å². The Morgan fingerprint density at radius 1 is 1.54 bits per heavy atom. The van der Waals surface area contributed by atoms with Gasteiger partial charge < -0.3 is 9.84 Å². The highest BCUT2D eigenvalue weighted by atomic mass is 79.9. The van der Waals surface area contributed by atoms with Crippen molar-refractivity contribution in [1.82, 2.24) is 0 Å². The highest BCUT2D eigenvalue weighted by Gasteiger charge is 2.10. The van der Waals surface area contributed by atoms with E-state index in [1.165, 1.54) is 13.2 Å². The van der Waals surface area contributed by atoms with Gasteiger partial charge >= 0.3 is 0 Å². The second-order valence-corrected chi connectivity index (χ2v) is 3.32. The van der Waals surface area contributed by atoms with Crippen LogP contribution in [0.2, 0.25) is 0 Å². The van der Waals surface area contributed by atoms with Crippen molar-refractivity contribution in [2.24, 2.45) is 0 Å². The molecule has 0 saturated heterocycles. The summed E-state index contributed by atoms with van der Waals surface area (Å²) in [5.74, 6) is 0.0904. The topological polar surface area (TPSA) is 29.5 Å². The lowest BCUT2D eigenvalue weighted by atomic mass is 10.1. The molecule has 0 bridgehead atoms. The summed E-state index contributed by atoms with van der Waals surface area (Å²) in [5.41, 5.74) is 0.790. The Balaban J connectivity index is 3.13. The van der Waals surface area contributed by atoms with E-state index in [0.29, 0.717) is 16.6 Å². The van der Waals surface area contributed by atoms with E-state index in [4.69, 9.17) is 9.84 Å². The van der Waals surface area contributed by atoms with Crippen molar-refractivity contribution in [3.63, 3.8) is 0 Å². The Morgan fingerprint density at radius 2 is 2.23 bits per heavy atom. The van der Waals surface area contributed by atoms with Crippen LogP contribution in [0.5, 0.6) is 5.75 Å². The van der Waals surface area contributed by atoms with Gasteiger partial charge in [0.1, 0.15) is 11.6 Å². The molecule has 1 rings (SSSR count). The molecule has 1 N–H and O–H groups in total. The van der Waals surface area contributed by atoms with E-state index >= 15 is 0 Å². The van der Waals surface area contributed by atoms with Crippen LogP contribution in [0.1, 0.15) is 5.56 Å². The molecule has 1 aromatic carbocycles. The molecule has 13 heavy (non-hydrogen) atoms. The van der Waals surface area contributed by atoms with Crippen molar-refractivity contribution in [1.29, 1.82) is 0 Å². The minimum Gasteiger partial charge on any atom is -0.495 e. The number of halogens is 2. The molecule has 0 aliphatic rings. The second kappa shape index (κ2) is 4.58. The highest BCUT2D eigenvalue weighted by Crippen LogP contribution is 2.31. The predicted octanol–water partition coefficient (Wildman–Crippen LogP) is 2.13. The molecule has 2 nitrogen and oxygen atoms in total. The zero-order chi connectivity index (χ0) is 9.84. The fourth-order valence-electron chi connectivity index (χ4n) is 1.11. The van der Waals surface area contributed by atoms with E-state index in [1.54, 1.807) is 6.07 Å². The van der Waals surface area contributed by atoms with Crippen LogP contribution in [0.15, 0.2) is 16.6 Å². The van der Waals surface area contributed by atoms with Gasteiger partial charge in [-0.1, -0.05) is 6.07 Å². The number of rotatable bonds is 3. The predicted molar refractivity (Wildman–Crippen MR) is 51.4 cm³/mol. The third-order valence-corrected chi connectivity index (χ3v) is 2.46. The average molecular weight is 249 g/mol. The molecule has 72 valence electrons. The standard InChI is InChI=1S/C9H10BrFO2/c1-13-9-6(4-5-12)2-3-7(11)8(9)10/h2-3,12H,4-5H2,1H3. The number of aliphatic hydroxyl groups is 1. The Bertz CT molecular complexity index is 302. The summed E-state index contributed by atoms with van der Waals surface area (Å²) in [4.78, 5) is 0. The lowest BCUT2D eigenvalue weighted by molar-refractivity contribution is 0.296. The van der Waals surface area contributed by atoms with E-state index in [2.05, 4.69) is 15.9 Å². The van der Waals surface area contributed by atoms with Gasteiger partial charge in [0, 0.05) is 6.61 Å². The summed E-state index contributed by atoms with van der Waals surface area (Å²) in [6.07, 6.45) is 0.460. The lowest BCUT2D eigenvalue weighted by Gasteiger charge is -2.09. The van der Waals surface area contributed by atoms with Crippen LogP contribution in [0.25, 0.3) is 0 Å². The summed E-state index contributed by atoms with van der Waals surface area (Å²) in [6.45, 7) is 0.0223. The Labute approximate surface area is 84.5 Å². The lowest BCUT2D eigenvalue weighted by Crippen LogP contribution is -1.97. The summed E-state index contributed by atoms with van der Waals surface area (Å²) in [5, 5.41) is 8.74. The minimum absolute atomic E-state index is 0.0223. The maximum Gasteiger partial charge on any atom is 0.141 e. The molecule has 0 fully saturated rings. The number of benzene rings is 1. The van der Waals surface area contributed by atoms with Crippen LogP contribution >= 0.6 is 15.9 Å². The van der Waals surface area contributed by atoms with E-state index in [1.807, 2.05) is 0 Å². The highest BCUT2D eigenvalue weighted by molar-refractivity contribution is 9.10. The van der Waals surface area contributed by atoms with Gasteiger partial charge in [-0.3, -0.25) is 0 Å². The zero-order valence-corrected chi connectivity index (χ0v) is 8.77. The summed E-state index contributed by atoms with van der Waals surface area (Å²) in [7, 11) is 1.47. The fraction of sp³-hybridized carbons (Fsp3) is 0.333. The normalized spacial score (nSPS) is 10.2. The summed E-state index contributed by atoms with van der Waals surface area (Å²) < 4.78 is 18.3. The largest absolute Gasteiger partial charge is 0.495 e. The number of aliphatic hydroxyl groups excluding tert-OH is 1. The van der Waals surface area contributed by atoms with Crippen molar-refractivity contribution < 1.29 is 14.2 Å². The number of ether oxygens (including phenoxy) is 1. The van der Waals surface area contributed by atoms with Gasteiger partial charge in [-0.05, 0) is 34.0 Å². The van der Waals surface area contributed by atoms with Crippen molar-refractivity contribution in [3.8, 4) is 5.75 Å². The molecule has 0 atom stereocenters. The molecule has 0 aromatic heterocycles. The van der Waals surface area contributed by atoms with E-state index < -0.39 is 0 Å². The molecule has 0 heterocycles. The molecule has 1 aromatic rings. The Morgan fingerprint density at radius 3 is 2.77 bits per heavy atom. The SMILES string of the molecule is COc1c(CCO)ccc(F)c1Br. The van der Waals surface area contributed by atoms with Crippen LogP contribution in [-0.4, -0.2) is 18.8 Å². The first-order chi connectivity index (χ1) is 6.20. The van der Waals surface area contributed by atoms with Crippen LogP contribution < -0.4 is 4.74 Å². The van der Waals surface area contributed by atoms with Crippen LogP contribution in [0, 0.1) is 5.82 Å². The molecule has 0 aliphatic carbocycles. The second-order valence-electron chi connectivity index (χ2n) is 2.53. The van der Waals surface area contributed by atoms with Gasteiger partial charge in [0.25, 0.3) is 0 Å². The number of hydrogen-bond acceptors (Lipinski definition) is 2. The van der Waals surface area contributed by atoms with Crippen LogP contribution in [0.3, 0.4) is 0 Å². The molecule has 0 radical (unpaired) electrons. The fourth-order valence-corrected chi connectivity index (χ4v) is 1.66. The number of hydrogen-bond donors (Lipinski definition) is 1. The molecular formula is C9H10BrFO2. The van der Waals surface area contributed by atoms with Gasteiger partial charge in [0.05, 0.1) is 11.6 Å². The van der Waals surface area contributed by atoms with Crippen molar-refractivity contribution in [2.75, 3.05) is 13.7 Å². The monoisotopic (exact) mass is 248 g/mol. The van der Waals surface area contributed by atoms with Gasteiger partial charge in [0.15, 0.2) is 0 Å². The number of methoxy groups -OCH3 is 1. The Kier molecular flexibility index (Phi) is 3.69. The van der Waals surface area contributed by atoms with Gasteiger partial charge in [-0.15, -0.1) is 0 Å². The van der Waals surface area contributed by atoms with Crippen molar-refractivity contribution >= 4 is 15.9 Å². The molecule has 0 unspecified atom stereocenters. The third kappa shape index (κ3) is 2.19. The van der Waals surface area contributed by atoms with Crippen LogP contribution in [0.4, 0.5) is 4.39 Å². The van der Waals surface area contributed by atoms with Gasteiger partial charge in [-0.2, -0.15) is 0 Å². The molecule has 0 saturated carbocycles. The maximum absolute atomic E-state index is 13.0. The molecule has 0 amide bonds. The quantitative estimate of drug-likeness (QED) is 0.889. The third-order valence-electron chi connectivity index (χ3n) is 1.72. The molecule has 0 spiro atoms. The average Bonchev–Trinajstić information content (AvgIpc) is 2.12. The molecular weight excluding hydrogens is 239 g/mol. The van der Waals surface area contributed by atoms with E-state index in [-0.39, 0.29) is 12.4 Å². The van der Waals surface area contributed by atoms with E-state index in [9.17, 15) is 4.39 Å². The minimum atomic E-state index is -0.362. The summed E-state index contributed by atoms with van der Waals surface area (Å²) >= 11 is 3.08. The first-order valence-corrected chi connectivity index (χ1v) is 4.61. The van der Waals surface area contributed by atoms with Crippen molar-refractivity contribution in [3.05, 3.63) is 28.0 Å². The maximum atomic E-state index is 13.0. The molecule has 4 heteroatoms.